The van der Waals surface area contributed by atoms with Crippen molar-refractivity contribution in [1.82, 2.24) is 4.90 Å². The first kappa shape index (κ1) is 18.7. The van der Waals surface area contributed by atoms with Gasteiger partial charge < -0.3 is 24.0 Å². The highest BCUT2D eigenvalue weighted by molar-refractivity contribution is 6.10. The number of hydrogen-bond donors (Lipinski definition) is 0. The Morgan fingerprint density at radius 2 is 2.06 bits per heavy atom. The van der Waals surface area contributed by atoms with Crippen molar-refractivity contribution in [2.45, 2.75) is 25.4 Å². The van der Waals surface area contributed by atoms with E-state index in [-0.39, 0.29) is 24.5 Å². The van der Waals surface area contributed by atoms with E-state index in [0.717, 1.165) is 41.8 Å². The van der Waals surface area contributed by atoms with Crippen molar-refractivity contribution >= 4 is 17.5 Å². The molecule has 1 fully saturated rings. The summed E-state index contributed by atoms with van der Waals surface area (Å²) in [6.45, 7) is 4.28. The third kappa shape index (κ3) is 2.62. The second-order valence-electron chi connectivity index (χ2n) is 8.69. The molecule has 2 atom stereocenters. The lowest BCUT2D eigenvalue weighted by molar-refractivity contribution is -0.139. The SMILES string of the molecule is CC(=O)N1CCC(CN2C(=O)C3(c4ccc5c(c4)OCO5)OCCc4cccc2c43)C1. The molecular weight excluding hydrogens is 396 g/mol. The summed E-state index contributed by atoms with van der Waals surface area (Å²) >= 11 is 0. The first-order valence-corrected chi connectivity index (χ1v) is 10.8. The molecule has 6 rings (SSSR count). The van der Waals surface area contributed by atoms with Crippen LogP contribution in [0.2, 0.25) is 0 Å². The minimum Gasteiger partial charge on any atom is -0.454 e. The minimum absolute atomic E-state index is 0.0604. The lowest BCUT2D eigenvalue weighted by Gasteiger charge is -2.34. The third-order valence-corrected chi connectivity index (χ3v) is 6.96. The molecule has 0 aliphatic carbocycles. The van der Waals surface area contributed by atoms with E-state index in [1.165, 1.54) is 0 Å². The lowest BCUT2D eigenvalue weighted by Crippen LogP contribution is -2.46. The topological polar surface area (TPSA) is 68.3 Å². The highest BCUT2D eigenvalue weighted by atomic mass is 16.7. The van der Waals surface area contributed by atoms with Gasteiger partial charge in [0.1, 0.15) is 0 Å². The van der Waals surface area contributed by atoms with Crippen molar-refractivity contribution in [2.75, 3.05) is 37.9 Å². The van der Waals surface area contributed by atoms with E-state index in [1.54, 1.807) is 6.92 Å². The molecule has 2 aromatic carbocycles. The molecule has 0 spiro atoms. The molecule has 7 heteroatoms. The summed E-state index contributed by atoms with van der Waals surface area (Å²) < 4.78 is 17.4. The van der Waals surface area contributed by atoms with Crippen molar-refractivity contribution in [3.8, 4) is 11.5 Å². The normalized spacial score (nSPS) is 25.8. The van der Waals surface area contributed by atoms with Crippen molar-refractivity contribution in [3.63, 3.8) is 0 Å². The van der Waals surface area contributed by atoms with Crippen molar-refractivity contribution in [3.05, 3.63) is 53.1 Å². The molecule has 0 aromatic heterocycles. The molecule has 7 nitrogen and oxygen atoms in total. The molecule has 2 unspecified atom stereocenters. The summed E-state index contributed by atoms with van der Waals surface area (Å²) in [5.41, 5.74) is 2.63. The van der Waals surface area contributed by atoms with Gasteiger partial charge in [-0.2, -0.15) is 0 Å². The first-order valence-electron chi connectivity index (χ1n) is 10.8. The Morgan fingerprint density at radius 3 is 2.90 bits per heavy atom. The van der Waals surface area contributed by atoms with Crippen LogP contribution in [0.5, 0.6) is 11.5 Å². The highest BCUT2D eigenvalue weighted by Gasteiger charge is 2.56. The van der Waals surface area contributed by atoms with Crippen LogP contribution in [0.1, 0.15) is 30.0 Å². The molecule has 160 valence electrons. The fraction of sp³-hybridized carbons (Fsp3) is 0.417. The predicted octanol–water partition coefficient (Wildman–Crippen LogP) is 2.45. The molecule has 0 radical (unpaired) electrons. The number of amides is 2. The molecule has 0 N–H and O–H groups in total. The quantitative estimate of drug-likeness (QED) is 0.763. The van der Waals surface area contributed by atoms with Gasteiger partial charge in [0, 0.05) is 37.7 Å². The summed E-state index contributed by atoms with van der Waals surface area (Å²) in [6, 6.07) is 11.8. The summed E-state index contributed by atoms with van der Waals surface area (Å²) in [6.07, 6.45) is 1.68. The van der Waals surface area contributed by atoms with Crippen LogP contribution in [0.25, 0.3) is 0 Å². The van der Waals surface area contributed by atoms with Crippen LogP contribution in [0.15, 0.2) is 36.4 Å². The molecule has 2 aromatic rings. The molecule has 4 heterocycles. The van der Waals surface area contributed by atoms with Gasteiger partial charge in [-0.15, -0.1) is 0 Å². The summed E-state index contributed by atoms with van der Waals surface area (Å²) in [5, 5.41) is 0. The Hall–Kier alpha value is -3.06. The average Bonchev–Trinajstić information content (AvgIpc) is 3.49. The zero-order valence-corrected chi connectivity index (χ0v) is 17.4. The van der Waals surface area contributed by atoms with Gasteiger partial charge in [0.25, 0.3) is 5.91 Å². The number of ether oxygens (including phenoxy) is 3. The Labute approximate surface area is 180 Å². The van der Waals surface area contributed by atoms with Gasteiger partial charge in [-0.3, -0.25) is 9.59 Å². The zero-order valence-electron chi connectivity index (χ0n) is 17.4. The smallest absolute Gasteiger partial charge is 0.268 e. The maximum atomic E-state index is 14.1. The molecular formula is C24H24N2O5. The van der Waals surface area contributed by atoms with Crippen LogP contribution in [-0.2, 0) is 26.3 Å². The minimum atomic E-state index is -1.16. The number of carbonyl (C=O) groups excluding carboxylic acids is 2. The van der Waals surface area contributed by atoms with Gasteiger partial charge in [-0.05, 0) is 42.5 Å². The van der Waals surface area contributed by atoms with E-state index in [0.29, 0.717) is 31.2 Å². The fourth-order valence-corrected chi connectivity index (χ4v) is 5.45. The zero-order chi connectivity index (χ0) is 21.2. The summed E-state index contributed by atoms with van der Waals surface area (Å²) in [4.78, 5) is 29.6. The number of rotatable bonds is 3. The standard InChI is InChI=1S/C24H24N2O5/c1-15(27)25-9-7-16(12-25)13-26-19-4-2-3-17-8-10-31-24(22(17)19,23(26)28)18-5-6-20-21(11-18)30-14-29-20/h2-6,11,16H,7-10,12-14H2,1H3. The number of nitrogens with zero attached hydrogens (tertiary/aromatic N) is 2. The summed E-state index contributed by atoms with van der Waals surface area (Å²) in [7, 11) is 0. The van der Waals surface area contributed by atoms with Crippen LogP contribution >= 0.6 is 0 Å². The Morgan fingerprint density at radius 1 is 1.19 bits per heavy atom. The van der Waals surface area contributed by atoms with Gasteiger partial charge in [-0.25, -0.2) is 0 Å². The van der Waals surface area contributed by atoms with Crippen molar-refractivity contribution < 1.29 is 23.8 Å². The molecule has 0 saturated carbocycles. The van der Waals surface area contributed by atoms with E-state index < -0.39 is 5.60 Å². The lowest BCUT2D eigenvalue weighted by atomic mass is 9.82. The number of fused-ring (bicyclic) bond motifs is 1. The fourth-order valence-electron chi connectivity index (χ4n) is 5.45. The molecule has 2 amide bonds. The number of hydrogen-bond acceptors (Lipinski definition) is 5. The number of likely N-dealkylation sites (tertiary alicyclic amines) is 1. The van der Waals surface area contributed by atoms with Crippen LogP contribution in [0, 0.1) is 5.92 Å². The second kappa shape index (κ2) is 6.72. The Balaban J connectivity index is 1.43. The second-order valence-corrected chi connectivity index (χ2v) is 8.69. The van der Waals surface area contributed by atoms with Crippen LogP contribution in [0.3, 0.4) is 0 Å². The largest absolute Gasteiger partial charge is 0.454 e. The maximum absolute atomic E-state index is 14.1. The van der Waals surface area contributed by atoms with E-state index >= 15 is 0 Å². The van der Waals surface area contributed by atoms with Crippen LogP contribution in [0.4, 0.5) is 5.69 Å². The molecule has 0 bridgehead atoms. The summed E-state index contributed by atoms with van der Waals surface area (Å²) in [5.74, 6) is 1.60. The van der Waals surface area contributed by atoms with Gasteiger partial charge >= 0.3 is 0 Å². The van der Waals surface area contributed by atoms with Gasteiger partial charge in [-0.1, -0.05) is 18.2 Å². The third-order valence-electron chi connectivity index (χ3n) is 6.96. The van der Waals surface area contributed by atoms with Crippen LogP contribution in [-0.4, -0.2) is 49.7 Å². The van der Waals surface area contributed by atoms with E-state index in [2.05, 4.69) is 6.07 Å². The maximum Gasteiger partial charge on any atom is 0.268 e. The average molecular weight is 420 g/mol. The van der Waals surface area contributed by atoms with Gasteiger partial charge in [0.05, 0.1) is 12.3 Å². The van der Waals surface area contributed by atoms with Gasteiger partial charge in [0.2, 0.25) is 12.7 Å². The molecule has 31 heavy (non-hydrogen) atoms. The Kier molecular flexibility index (Phi) is 4.05. The van der Waals surface area contributed by atoms with Gasteiger partial charge in [0.15, 0.2) is 17.1 Å². The Bertz CT molecular complexity index is 1100. The first-order chi connectivity index (χ1) is 15.1. The van der Waals surface area contributed by atoms with Crippen molar-refractivity contribution in [2.24, 2.45) is 5.92 Å². The van der Waals surface area contributed by atoms with Crippen LogP contribution < -0.4 is 14.4 Å². The molecule has 1 saturated heterocycles. The molecule has 4 aliphatic heterocycles. The number of benzene rings is 2. The highest BCUT2D eigenvalue weighted by Crippen LogP contribution is 2.52. The van der Waals surface area contributed by atoms with E-state index in [9.17, 15) is 9.59 Å². The van der Waals surface area contributed by atoms with E-state index in [1.807, 2.05) is 40.1 Å². The van der Waals surface area contributed by atoms with Crippen molar-refractivity contribution in [1.29, 1.82) is 0 Å². The number of anilines is 1. The number of carbonyl (C=O) groups is 2. The molecule has 4 aliphatic rings. The van der Waals surface area contributed by atoms with E-state index in [4.69, 9.17) is 14.2 Å². The monoisotopic (exact) mass is 420 g/mol. The predicted molar refractivity (Wildman–Crippen MR) is 112 cm³/mol.